The largest absolute Gasteiger partial charge is 0.434 e. The number of alkyl halides is 1. The summed E-state index contributed by atoms with van der Waals surface area (Å²) >= 11 is 12.3. The molecule has 1 saturated carbocycles. The van der Waals surface area contributed by atoms with Crippen LogP contribution in [-0.4, -0.2) is 28.7 Å². The second-order valence-electron chi connectivity index (χ2n) is 8.62. The van der Waals surface area contributed by atoms with Crippen molar-refractivity contribution in [2.24, 2.45) is 4.99 Å². The molecule has 3 aromatic rings. The zero-order valence-corrected chi connectivity index (χ0v) is 20.3. The highest BCUT2D eigenvalue weighted by Gasteiger charge is 2.29. The van der Waals surface area contributed by atoms with Gasteiger partial charge in [-0.15, -0.1) is 10.2 Å². The van der Waals surface area contributed by atoms with Gasteiger partial charge in [0.2, 0.25) is 5.88 Å². The number of benzene rings is 2. The van der Waals surface area contributed by atoms with E-state index in [1.807, 2.05) is 6.07 Å². The summed E-state index contributed by atoms with van der Waals surface area (Å²) < 4.78 is 35.0. The van der Waals surface area contributed by atoms with Gasteiger partial charge in [0.15, 0.2) is 17.4 Å². The molecule has 2 heterocycles. The van der Waals surface area contributed by atoms with Gasteiger partial charge in [-0.2, -0.15) is 0 Å². The van der Waals surface area contributed by atoms with Crippen molar-refractivity contribution in [3.63, 3.8) is 0 Å². The molecule has 0 bridgehead atoms. The smallest absolute Gasteiger partial charge is 0.250 e. The summed E-state index contributed by atoms with van der Waals surface area (Å²) in [5, 5.41) is 9.02. The van der Waals surface area contributed by atoms with E-state index >= 15 is 4.39 Å². The average Bonchev–Trinajstić information content (AvgIpc) is 3.68. The van der Waals surface area contributed by atoms with Crippen molar-refractivity contribution < 1.29 is 18.4 Å². The number of amidine groups is 1. The lowest BCUT2D eigenvalue weighted by molar-refractivity contribution is 0.0623. The van der Waals surface area contributed by atoms with Crippen molar-refractivity contribution in [2.45, 2.75) is 44.3 Å². The minimum Gasteiger partial charge on any atom is -0.434 e. The number of ether oxygens (including phenoxy) is 1. The first-order valence-electron chi connectivity index (χ1n) is 11.3. The Morgan fingerprint density at radius 3 is 2.74 bits per heavy atom. The van der Waals surface area contributed by atoms with Gasteiger partial charge in [0.1, 0.15) is 6.17 Å². The molecule has 1 fully saturated rings. The van der Waals surface area contributed by atoms with Crippen LogP contribution in [0.15, 0.2) is 47.5 Å². The lowest BCUT2D eigenvalue weighted by Crippen LogP contribution is -2.37. The number of hydrogen-bond acceptors (Lipinski definition) is 6. The number of rotatable bonds is 7. The van der Waals surface area contributed by atoms with E-state index in [9.17, 15) is 4.39 Å². The third-order valence-electron chi connectivity index (χ3n) is 5.89. The summed E-state index contributed by atoms with van der Waals surface area (Å²) in [5.74, 6) is 0.0545. The van der Waals surface area contributed by atoms with Gasteiger partial charge < -0.3 is 4.74 Å². The third kappa shape index (κ3) is 5.39. The Kier molecular flexibility index (Phi) is 6.86. The van der Waals surface area contributed by atoms with Gasteiger partial charge in [-0.25, -0.2) is 14.3 Å². The molecule has 1 aliphatic carbocycles. The highest BCUT2D eigenvalue weighted by Crippen LogP contribution is 2.43. The van der Waals surface area contributed by atoms with Crippen LogP contribution in [0.4, 0.5) is 8.78 Å². The summed E-state index contributed by atoms with van der Waals surface area (Å²) in [6.45, 7) is 1.63. The quantitative estimate of drug-likeness (QED) is 0.385. The van der Waals surface area contributed by atoms with Gasteiger partial charge in [-0.1, -0.05) is 41.4 Å². The Labute approximate surface area is 211 Å². The van der Waals surface area contributed by atoms with Gasteiger partial charge in [0.25, 0.3) is 0 Å². The molecule has 0 spiro atoms. The SMILES string of the molecule is C[C@@H](F)c1cc(C2=N[C@H](Cc3ccc(Cl)cc3Cl)CON2)c(Oc2cccc(C3CC3)c2F)nn1. The fourth-order valence-corrected chi connectivity index (χ4v) is 4.36. The molecule has 182 valence electrons. The Bertz CT molecular complexity index is 1280. The Hall–Kier alpha value is -2.81. The molecule has 2 aliphatic rings. The molecule has 1 aliphatic heterocycles. The minimum absolute atomic E-state index is 0.0127. The normalized spacial score (nSPS) is 18.5. The van der Waals surface area contributed by atoms with E-state index in [1.54, 1.807) is 24.3 Å². The lowest BCUT2D eigenvalue weighted by Gasteiger charge is -2.23. The average molecular weight is 519 g/mol. The number of halogens is 4. The third-order valence-corrected chi connectivity index (χ3v) is 6.47. The van der Waals surface area contributed by atoms with E-state index in [1.165, 1.54) is 19.1 Å². The molecule has 0 unspecified atom stereocenters. The predicted molar refractivity (Wildman–Crippen MR) is 130 cm³/mol. The molecule has 35 heavy (non-hydrogen) atoms. The van der Waals surface area contributed by atoms with Crippen molar-refractivity contribution in [1.82, 2.24) is 15.7 Å². The molecule has 5 rings (SSSR count). The summed E-state index contributed by atoms with van der Waals surface area (Å²) in [6, 6.07) is 11.5. The maximum absolute atomic E-state index is 15.1. The first-order chi connectivity index (χ1) is 16.9. The Morgan fingerprint density at radius 1 is 1.17 bits per heavy atom. The van der Waals surface area contributed by atoms with Crippen LogP contribution in [0.5, 0.6) is 11.6 Å². The van der Waals surface area contributed by atoms with E-state index in [-0.39, 0.29) is 41.7 Å². The maximum Gasteiger partial charge on any atom is 0.250 e. The molecular formula is C25H22Cl2F2N4O2. The number of hydroxylamine groups is 1. The highest BCUT2D eigenvalue weighted by molar-refractivity contribution is 6.35. The standard InChI is InChI=1S/C25H22Cl2F2N4O2/c1-13(28)21-11-19(24-30-17(12-34-33-24)9-15-7-8-16(26)10-20(15)27)25(32-31-21)35-22-4-2-3-18(23(22)29)14-5-6-14/h2-4,7-8,10-11,13-14,17H,5-6,9,12H2,1H3,(H,30,33)/t13-,17-/m1/s1. The first-order valence-corrected chi connectivity index (χ1v) is 12.0. The van der Waals surface area contributed by atoms with E-state index in [0.717, 1.165) is 18.4 Å². The van der Waals surface area contributed by atoms with Crippen molar-refractivity contribution in [3.8, 4) is 11.6 Å². The van der Waals surface area contributed by atoms with Crippen LogP contribution in [0, 0.1) is 5.82 Å². The fraction of sp³-hybridized carbons (Fsp3) is 0.320. The van der Waals surface area contributed by atoms with E-state index in [4.69, 9.17) is 37.8 Å². The fourth-order valence-electron chi connectivity index (χ4n) is 3.88. The zero-order valence-electron chi connectivity index (χ0n) is 18.8. The van der Waals surface area contributed by atoms with Crippen molar-refractivity contribution in [3.05, 3.63) is 80.7 Å². The Balaban J connectivity index is 1.48. The summed E-state index contributed by atoms with van der Waals surface area (Å²) in [5.41, 5.74) is 4.62. The van der Waals surface area contributed by atoms with E-state index < -0.39 is 12.0 Å². The van der Waals surface area contributed by atoms with Crippen molar-refractivity contribution in [2.75, 3.05) is 6.61 Å². The molecule has 2 aromatic carbocycles. The van der Waals surface area contributed by atoms with Crippen LogP contribution in [0.1, 0.15) is 54.2 Å². The lowest BCUT2D eigenvalue weighted by atomic mass is 10.1. The number of nitrogens with zero attached hydrogens (tertiary/aromatic N) is 3. The Morgan fingerprint density at radius 2 is 2.00 bits per heavy atom. The van der Waals surface area contributed by atoms with Gasteiger partial charge in [0.05, 0.1) is 23.9 Å². The molecule has 0 saturated heterocycles. The van der Waals surface area contributed by atoms with Crippen LogP contribution in [0.25, 0.3) is 0 Å². The summed E-state index contributed by atoms with van der Waals surface area (Å²) in [7, 11) is 0. The molecular weight excluding hydrogens is 497 g/mol. The van der Waals surface area contributed by atoms with Crippen LogP contribution in [0.3, 0.4) is 0 Å². The predicted octanol–water partition coefficient (Wildman–Crippen LogP) is 6.52. The molecule has 6 nitrogen and oxygen atoms in total. The van der Waals surface area contributed by atoms with Gasteiger partial charge in [-0.05, 0) is 67.5 Å². The van der Waals surface area contributed by atoms with Gasteiger partial charge >= 0.3 is 0 Å². The molecule has 10 heteroatoms. The zero-order chi connectivity index (χ0) is 24.5. The highest BCUT2D eigenvalue weighted by atomic mass is 35.5. The number of nitrogens with one attached hydrogen (secondary N) is 1. The van der Waals surface area contributed by atoms with Crippen molar-refractivity contribution in [1.29, 1.82) is 0 Å². The second kappa shape index (κ2) is 10.0. The topological polar surface area (TPSA) is 68.6 Å². The first kappa shape index (κ1) is 23.9. The number of aromatic nitrogens is 2. The molecule has 1 aromatic heterocycles. The van der Waals surface area contributed by atoms with Crippen LogP contribution in [-0.2, 0) is 11.3 Å². The van der Waals surface area contributed by atoms with E-state index in [2.05, 4.69) is 15.7 Å². The summed E-state index contributed by atoms with van der Waals surface area (Å²) in [6.07, 6.45) is 1.01. The van der Waals surface area contributed by atoms with Crippen LogP contribution < -0.4 is 10.2 Å². The molecule has 1 N–H and O–H groups in total. The second-order valence-corrected chi connectivity index (χ2v) is 9.47. The van der Waals surface area contributed by atoms with Crippen LogP contribution in [0.2, 0.25) is 10.0 Å². The monoisotopic (exact) mass is 518 g/mol. The molecule has 0 amide bonds. The van der Waals surface area contributed by atoms with Crippen molar-refractivity contribution >= 4 is 29.0 Å². The minimum atomic E-state index is -1.38. The van der Waals surface area contributed by atoms with Gasteiger partial charge in [0, 0.05) is 10.0 Å². The maximum atomic E-state index is 15.1. The van der Waals surface area contributed by atoms with Crippen LogP contribution >= 0.6 is 23.2 Å². The van der Waals surface area contributed by atoms with E-state index in [0.29, 0.717) is 27.6 Å². The number of hydrogen-bond donors (Lipinski definition) is 1. The summed E-state index contributed by atoms with van der Waals surface area (Å²) in [4.78, 5) is 10.3. The molecule has 2 atom stereocenters. The van der Waals surface area contributed by atoms with Gasteiger partial charge in [-0.3, -0.25) is 9.83 Å². The number of aliphatic imine (C=N–C) groups is 1. The molecule has 0 radical (unpaired) electrons.